The maximum atomic E-state index is 10.4. The number of rotatable bonds is 7. The molecule has 156 valence electrons. The Morgan fingerprint density at radius 2 is 0.806 bits per heavy atom. The second kappa shape index (κ2) is 12.4. The summed E-state index contributed by atoms with van der Waals surface area (Å²) in [5, 5.41) is -0.407. The zero-order valence-corrected chi connectivity index (χ0v) is 18.2. The molecule has 0 saturated carbocycles. The molecule has 0 bridgehead atoms. The highest BCUT2D eigenvalue weighted by molar-refractivity contribution is 7.43. The summed E-state index contributed by atoms with van der Waals surface area (Å²) >= 11 is 5.16. The molecule has 4 aromatic rings. The topological polar surface area (TPSA) is 44.8 Å². The minimum absolute atomic E-state index is 0.407. The first-order valence-corrected chi connectivity index (χ1v) is 10.9. The van der Waals surface area contributed by atoms with Gasteiger partial charge in [-0.2, -0.15) is 0 Å². The predicted molar refractivity (Wildman–Crippen MR) is 125 cm³/mol. The Bertz CT molecular complexity index is 933. The largest absolute Gasteiger partial charge is 0.530 e. The summed E-state index contributed by atoms with van der Waals surface area (Å²) in [5.74, 6) is 2.13. The monoisotopic (exact) mass is 450 g/mol. The van der Waals surface area contributed by atoms with Crippen molar-refractivity contribution in [3.63, 3.8) is 0 Å². The molecule has 4 aromatic carbocycles. The SMILES string of the molecule is O=C(Cl)c1ccccc1.c1ccc(OP(Oc2ccccc2)Oc2ccccc2)cc1. The van der Waals surface area contributed by atoms with Crippen molar-refractivity contribution in [3.05, 3.63) is 127 Å². The number of carbonyl (C=O) groups is 1. The van der Waals surface area contributed by atoms with Gasteiger partial charge in [-0.15, -0.1) is 0 Å². The molecular formula is C25H20ClO4P. The molecule has 6 heteroatoms. The first kappa shape index (κ1) is 22.4. The van der Waals surface area contributed by atoms with E-state index in [1.807, 2.05) is 97.1 Å². The summed E-state index contributed by atoms with van der Waals surface area (Å²) in [6, 6.07) is 37.2. The molecule has 0 aliphatic heterocycles. The Hall–Kier alpha value is -3.33. The number of hydrogen-bond acceptors (Lipinski definition) is 4. The maximum absolute atomic E-state index is 10.4. The van der Waals surface area contributed by atoms with E-state index >= 15 is 0 Å². The molecule has 0 heterocycles. The lowest BCUT2D eigenvalue weighted by Crippen LogP contribution is -2.02. The highest BCUT2D eigenvalue weighted by Gasteiger charge is 2.19. The van der Waals surface area contributed by atoms with Crippen molar-refractivity contribution in [1.82, 2.24) is 0 Å². The zero-order chi connectivity index (χ0) is 21.7. The van der Waals surface area contributed by atoms with E-state index in [1.165, 1.54) is 0 Å². The summed E-state index contributed by atoms with van der Waals surface area (Å²) in [6.45, 7) is 0. The second-order valence-corrected chi connectivity index (χ2v) is 7.41. The van der Waals surface area contributed by atoms with E-state index < -0.39 is 13.8 Å². The van der Waals surface area contributed by atoms with E-state index in [4.69, 9.17) is 25.2 Å². The number of para-hydroxylation sites is 3. The molecule has 0 aromatic heterocycles. The normalized spacial score (nSPS) is 9.87. The van der Waals surface area contributed by atoms with E-state index in [9.17, 15) is 4.79 Å². The maximum Gasteiger partial charge on any atom is 0.530 e. The first-order chi connectivity index (χ1) is 15.2. The second-order valence-electron chi connectivity index (χ2n) is 6.08. The lowest BCUT2D eigenvalue weighted by molar-refractivity contribution is 0.108. The van der Waals surface area contributed by atoms with Crippen LogP contribution in [0, 0.1) is 0 Å². The van der Waals surface area contributed by atoms with Crippen LogP contribution in [0.2, 0.25) is 0 Å². The highest BCUT2D eigenvalue weighted by atomic mass is 35.5. The molecule has 4 rings (SSSR count). The molecule has 0 spiro atoms. The Kier molecular flexibility index (Phi) is 8.93. The summed E-state index contributed by atoms with van der Waals surface area (Å²) in [7, 11) is -1.59. The lowest BCUT2D eigenvalue weighted by atomic mass is 10.2. The van der Waals surface area contributed by atoms with Crippen molar-refractivity contribution >= 4 is 25.4 Å². The van der Waals surface area contributed by atoms with Gasteiger partial charge < -0.3 is 13.6 Å². The van der Waals surface area contributed by atoms with E-state index in [0.717, 1.165) is 0 Å². The van der Waals surface area contributed by atoms with E-state index in [1.54, 1.807) is 24.3 Å². The van der Waals surface area contributed by atoms with Crippen molar-refractivity contribution in [2.24, 2.45) is 0 Å². The third kappa shape index (κ3) is 8.13. The van der Waals surface area contributed by atoms with E-state index in [2.05, 4.69) is 0 Å². The fraction of sp³-hybridized carbons (Fsp3) is 0. The minimum Gasteiger partial charge on any atom is -0.409 e. The minimum atomic E-state index is -1.59. The number of halogens is 1. The van der Waals surface area contributed by atoms with Crippen LogP contribution in [0.15, 0.2) is 121 Å². The standard InChI is InChI=1S/C18H15O3P.C7H5ClO/c1-4-10-16(11-5-1)19-22(20-17-12-6-2-7-13-17)21-18-14-8-3-9-15-18;8-7(9)6-4-2-1-3-5-6/h1-15H;1-5H. The Balaban J connectivity index is 0.000000254. The van der Waals surface area contributed by atoms with Gasteiger partial charge in [0.15, 0.2) is 0 Å². The van der Waals surface area contributed by atoms with Crippen molar-refractivity contribution < 1.29 is 18.4 Å². The molecule has 0 fully saturated rings. The molecule has 0 radical (unpaired) electrons. The third-order valence-corrected chi connectivity index (χ3v) is 5.07. The zero-order valence-electron chi connectivity index (χ0n) is 16.5. The highest BCUT2D eigenvalue weighted by Crippen LogP contribution is 2.41. The van der Waals surface area contributed by atoms with Crippen LogP contribution < -0.4 is 13.6 Å². The van der Waals surface area contributed by atoms with Crippen LogP contribution in [0.25, 0.3) is 0 Å². The number of hydrogen-bond donors (Lipinski definition) is 0. The van der Waals surface area contributed by atoms with Crippen LogP contribution in [0.3, 0.4) is 0 Å². The first-order valence-electron chi connectivity index (χ1n) is 9.45. The Morgan fingerprint density at radius 3 is 1.06 bits per heavy atom. The summed E-state index contributed by atoms with van der Waals surface area (Å²) in [4.78, 5) is 10.4. The molecule has 31 heavy (non-hydrogen) atoms. The van der Waals surface area contributed by atoms with Gasteiger partial charge in [0.25, 0.3) is 5.24 Å². The van der Waals surface area contributed by atoms with Gasteiger partial charge in [0.2, 0.25) is 0 Å². The Morgan fingerprint density at radius 1 is 0.516 bits per heavy atom. The van der Waals surface area contributed by atoms with Gasteiger partial charge >= 0.3 is 8.60 Å². The van der Waals surface area contributed by atoms with Crippen LogP contribution in [0.4, 0.5) is 0 Å². The van der Waals surface area contributed by atoms with Gasteiger partial charge in [0.1, 0.15) is 17.2 Å². The van der Waals surface area contributed by atoms with Crippen molar-refractivity contribution in [3.8, 4) is 17.2 Å². The van der Waals surface area contributed by atoms with Crippen LogP contribution in [0.5, 0.6) is 17.2 Å². The third-order valence-electron chi connectivity index (χ3n) is 3.77. The van der Waals surface area contributed by atoms with Gasteiger partial charge in [-0.25, -0.2) is 0 Å². The van der Waals surface area contributed by atoms with Crippen LogP contribution >= 0.6 is 20.2 Å². The fourth-order valence-electron chi connectivity index (χ4n) is 2.33. The average molecular weight is 451 g/mol. The smallest absolute Gasteiger partial charge is 0.409 e. The molecule has 4 nitrogen and oxygen atoms in total. The van der Waals surface area contributed by atoms with Gasteiger partial charge in [0, 0.05) is 5.56 Å². The molecule has 0 saturated heterocycles. The molecule has 0 atom stereocenters. The Labute approximate surface area is 188 Å². The molecular weight excluding hydrogens is 431 g/mol. The average Bonchev–Trinajstić information content (AvgIpc) is 2.82. The molecule has 0 amide bonds. The van der Waals surface area contributed by atoms with Crippen LogP contribution in [-0.4, -0.2) is 5.24 Å². The van der Waals surface area contributed by atoms with Gasteiger partial charge in [0.05, 0.1) is 0 Å². The summed E-state index contributed by atoms with van der Waals surface area (Å²) in [5.41, 5.74) is 0.541. The van der Waals surface area contributed by atoms with Gasteiger partial charge in [-0.05, 0) is 48.0 Å². The molecule has 0 aliphatic rings. The summed E-state index contributed by atoms with van der Waals surface area (Å²) in [6.07, 6.45) is 0. The predicted octanol–water partition coefficient (Wildman–Crippen LogP) is 7.52. The van der Waals surface area contributed by atoms with Crippen molar-refractivity contribution in [1.29, 1.82) is 0 Å². The summed E-state index contributed by atoms with van der Waals surface area (Å²) < 4.78 is 17.5. The fourth-order valence-corrected chi connectivity index (χ4v) is 3.45. The number of carbonyl (C=O) groups excluding carboxylic acids is 1. The van der Waals surface area contributed by atoms with Gasteiger partial charge in [-0.3, -0.25) is 4.79 Å². The number of benzene rings is 4. The van der Waals surface area contributed by atoms with E-state index in [-0.39, 0.29) is 0 Å². The van der Waals surface area contributed by atoms with Crippen LogP contribution in [-0.2, 0) is 0 Å². The quantitative estimate of drug-likeness (QED) is 0.216. The van der Waals surface area contributed by atoms with Crippen LogP contribution in [0.1, 0.15) is 10.4 Å². The van der Waals surface area contributed by atoms with Gasteiger partial charge in [-0.1, -0.05) is 84.9 Å². The molecule has 0 unspecified atom stereocenters. The lowest BCUT2D eigenvalue weighted by Gasteiger charge is -2.17. The van der Waals surface area contributed by atoms with Crippen molar-refractivity contribution in [2.45, 2.75) is 0 Å². The molecule has 0 N–H and O–H groups in total. The van der Waals surface area contributed by atoms with Crippen molar-refractivity contribution in [2.75, 3.05) is 0 Å². The molecule has 0 aliphatic carbocycles. The van der Waals surface area contributed by atoms with E-state index in [0.29, 0.717) is 22.8 Å².